The SMILES string of the molecule is CCCCC(CCC)NC(=O)c1cc(Br)ccc1C. The molecule has 1 unspecified atom stereocenters. The van der Waals surface area contributed by atoms with Crippen LogP contribution in [0.2, 0.25) is 0 Å². The normalized spacial score (nSPS) is 12.2. The van der Waals surface area contributed by atoms with Crippen LogP contribution in [0.15, 0.2) is 22.7 Å². The number of carbonyl (C=O) groups excluding carboxylic acids is 1. The Bertz CT molecular complexity index is 417. The number of aryl methyl sites for hydroxylation is 1. The van der Waals surface area contributed by atoms with E-state index in [4.69, 9.17) is 0 Å². The van der Waals surface area contributed by atoms with Crippen molar-refractivity contribution in [3.8, 4) is 0 Å². The lowest BCUT2D eigenvalue weighted by molar-refractivity contribution is 0.0931. The molecule has 0 aliphatic heterocycles. The van der Waals surface area contributed by atoms with Crippen LogP contribution < -0.4 is 5.32 Å². The Morgan fingerprint density at radius 2 is 2.00 bits per heavy atom. The summed E-state index contributed by atoms with van der Waals surface area (Å²) in [5.74, 6) is 0.0494. The van der Waals surface area contributed by atoms with Crippen LogP contribution in [0.5, 0.6) is 0 Å². The number of benzene rings is 1. The van der Waals surface area contributed by atoms with Gasteiger partial charge in [-0.2, -0.15) is 0 Å². The van der Waals surface area contributed by atoms with Crippen LogP contribution in [0, 0.1) is 6.92 Å². The third-order valence-corrected chi connectivity index (χ3v) is 3.82. The molecule has 106 valence electrons. The highest BCUT2D eigenvalue weighted by Crippen LogP contribution is 2.17. The van der Waals surface area contributed by atoms with Gasteiger partial charge < -0.3 is 5.32 Å². The van der Waals surface area contributed by atoms with Crippen molar-refractivity contribution in [1.29, 1.82) is 0 Å². The standard InChI is InChI=1S/C16H24BrNO/c1-4-6-8-14(7-5-2)18-16(19)15-11-13(17)10-9-12(15)3/h9-11,14H,4-8H2,1-3H3,(H,18,19). The molecule has 0 heterocycles. The van der Waals surface area contributed by atoms with Crippen molar-refractivity contribution >= 4 is 21.8 Å². The first-order valence-electron chi connectivity index (χ1n) is 7.15. The van der Waals surface area contributed by atoms with E-state index >= 15 is 0 Å². The van der Waals surface area contributed by atoms with Crippen LogP contribution in [0.1, 0.15) is 61.9 Å². The highest BCUT2D eigenvalue weighted by Gasteiger charge is 2.14. The van der Waals surface area contributed by atoms with E-state index in [1.807, 2.05) is 25.1 Å². The van der Waals surface area contributed by atoms with Gasteiger partial charge in [-0.1, -0.05) is 55.1 Å². The number of halogens is 1. The summed E-state index contributed by atoms with van der Waals surface area (Å²) in [5.41, 5.74) is 1.79. The molecule has 0 saturated carbocycles. The Kier molecular flexibility index (Phi) is 7.14. The van der Waals surface area contributed by atoms with E-state index in [0.717, 1.165) is 34.9 Å². The monoisotopic (exact) mass is 325 g/mol. The zero-order chi connectivity index (χ0) is 14.3. The molecule has 0 fully saturated rings. The minimum Gasteiger partial charge on any atom is -0.349 e. The van der Waals surface area contributed by atoms with Crippen molar-refractivity contribution in [2.45, 2.75) is 58.9 Å². The third-order valence-electron chi connectivity index (χ3n) is 3.32. The maximum absolute atomic E-state index is 12.3. The maximum atomic E-state index is 12.3. The number of amides is 1. The maximum Gasteiger partial charge on any atom is 0.251 e. The summed E-state index contributed by atoms with van der Waals surface area (Å²) in [4.78, 5) is 12.3. The number of unbranched alkanes of at least 4 members (excludes halogenated alkanes) is 1. The number of carbonyl (C=O) groups is 1. The number of nitrogens with one attached hydrogen (secondary N) is 1. The zero-order valence-corrected chi connectivity index (χ0v) is 13.7. The molecule has 0 spiro atoms. The first-order chi connectivity index (χ1) is 9.08. The minimum atomic E-state index is 0.0494. The van der Waals surface area contributed by atoms with Crippen molar-refractivity contribution in [3.63, 3.8) is 0 Å². The Balaban J connectivity index is 2.72. The smallest absolute Gasteiger partial charge is 0.251 e. The molecule has 0 aromatic heterocycles. The lowest BCUT2D eigenvalue weighted by atomic mass is 10.0. The molecule has 1 aromatic rings. The fourth-order valence-electron chi connectivity index (χ4n) is 2.19. The van der Waals surface area contributed by atoms with Gasteiger partial charge in [0, 0.05) is 16.1 Å². The van der Waals surface area contributed by atoms with Gasteiger partial charge in [0.1, 0.15) is 0 Å². The molecule has 1 amide bonds. The van der Waals surface area contributed by atoms with Gasteiger partial charge in [-0.05, 0) is 37.5 Å². The first-order valence-corrected chi connectivity index (χ1v) is 7.94. The van der Waals surface area contributed by atoms with Gasteiger partial charge >= 0.3 is 0 Å². The van der Waals surface area contributed by atoms with Crippen molar-refractivity contribution in [2.24, 2.45) is 0 Å². The average molecular weight is 326 g/mol. The van der Waals surface area contributed by atoms with Crippen LogP contribution in [0.3, 0.4) is 0 Å². The lowest BCUT2D eigenvalue weighted by Gasteiger charge is -2.18. The molecule has 19 heavy (non-hydrogen) atoms. The molecule has 1 N–H and O–H groups in total. The van der Waals surface area contributed by atoms with Gasteiger partial charge in [0.25, 0.3) is 5.91 Å². The summed E-state index contributed by atoms with van der Waals surface area (Å²) >= 11 is 3.42. The molecule has 2 nitrogen and oxygen atoms in total. The van der Waals surface area contributed by atoms with Gasteiger partial charge in [0.2, 0.25) is 0 Å². The van der Waals surface area contributed by atoms with E-state index < -0.39 is 0 Å². The predicted octanol–water partition coefficient (Wildman–Crippen LogP) is 4.85. The molecule has 0 bridgehead atoms. The number of hydrogen-bond acceptors (Lipinski definition) is 1. The molecule has 1 rings (SSSR count). The van der Waals surface area contributed by atoms with Crippen molar-refractivity contribution in [3.05, 3.63) is 33.8 Å². The molecule has 1 aromatic carbocycles. The third kappa shape index (κ3) is 5.35. The minimum absolute atomic E-state index is 0.0494. The summed E-state index contributed by atoms with van der Waals surface area (Å²) in [6.07, 6.45) is 5.57. The average Bonchev–Trinajstić information content (AvgIpc) is 2.39. The molecular formula is C16H24BrNO. The van der Waals surface area contributed by atoms with E-state index in [9.17, 15) is 4.79 Å². The second-order valence-electron chi connectivity index (χ2n) is 5.06. The highest BCUT2D eigenvalue weighted by molar-refractivity contribution is 9.10. The quantitative estimate of drug-likeness (QED) is 0.763. The second-order valence-corrected chi connectivity index (χ2v) is 5.98. The summed E-state index contributed by atoms with van der Waals surface area (Å²) in [6, 6.07) is 6.14. The Labute approximate surface area is 125 Å². The molecule has 0 aliphatic rings. The van der Waals surface area contributed by atoms with E-state index in [2.05, 4.69) is 35.1 Å². The first kappa shape index (κ1) is 16.2. The van der Waals surface area contributed by atoms with Crippen molar-refractivity contribution in [1.82, 2.24) is 5.32 Å². The van der Waals surface area contributed by atoms with E-state index in [1.54, 1.807) is 0 Å². The summed E-state index contributed by atoms with van der Waals surface area (Å²) in [5, 5.41) is 3.18. The predicted molar refractivity (Wildman–Crippen MR) is 84.6 cm³/mol. The van der Waals surface area contributed by atoms with Gasteiger partial charge in [-0.25, -0.2) is 0 Å². The van der Waals surface area contributed by atoms with Crippen molar-refractivity contribution < 1.29 is 4.79 Å². The van der Waals surface area contributed by atoms with Crippen LogP contribution >= 0.6 is 15.9 Å². The van der Waals surface area contributed by atoms with Crippen LogP contribution in [-0.4, -0.2) is 11.9 Å². The Morgan fingerprint density at radius 1 is 1.26 bits per heavy atom. The van der Waals surface area contributed by atoms with E-state index in [-0.39, 0.29) is 5.91 Å². The Hall–Kier alpha value is -0.830. The molecular weight excluding hydrogens is 302 g/mol. The molecule has 0 radical (unpaired) electrons. The van der Waals surface area contributed by atoms with Crippen LogP contribution in [-0.2, 0) is 0 Å². The summed E-state index contributed by atoms with van der Waals surface area (Å²) < 4.78 is 0.948. The van der Waals surface area contributed by atoms with E-state index in [0.29, 0.717) is 6.04 Å². The molecule has 3 heteroatoms. The van der Waals surface area contributed by atoms with Crippen molar-refractivity contribution in [2.75, 3.05) is 0 Å². The number of rotatable bonds is 7. The van der Waals surface area contributed by atoms with Gasteiger partial charge in [0.05, 0.1) is 0 Å². The highest BCUT2D eigenvalue weighted by atomic mass is 79.9. The Morgan fingerprint density at radius 3 is 2.63 bits per heavy atom. The van der Waals surface area contributed by atoms with Gasteiger partial charge in [-0.15, -0.1) is 0 Å². The second kappa shape index (κ2) is 8.36. The summed E-state index contributed by atoms with van der Waals surface area (Å²) in [6.45, 7) is 6.32. The van der Waals surface area contributed by atoms with Crippen LogP contribution in [0.25, 0.3) is 0 Å². The fourth-order valence-corrected chi connectivity index (χ4v) is 2.55. The van der Waals surface area contributed by atoms with E-state index in [1.165, 1.54) is 12.8 Å². The van der Waals surface area contributed by atoms with Crippen LogP contribution in [0.4, 0.5) is 0 Å². The largest absolute Gasteiger partial charge is 0.349 e. The molecule has 1 atom stereocenters. The summed E-state index contributed by atoms with van der Waals surface area (Å²) in [7, 11) is 0. The fraction of sp³-hybridized carbons (Fsp3) is 0.562. The lowest BCUT2D eigenvalue weighted by Crippen LogP contribution is -2.35. The zero-order valence-electron chi connectivity index (χ0n) is 12.1. The van der Waals surface area contributed by atoms with Gasteiger partial charge in [-0.3, -0.25) is 4.79 Å². The molecule has 0 saturated heterocycles. The van der Waals surface area contributed by atoms with Gasteiger partial charge in [0.15, 0.2) is 0 Å². The number of hydrogen-bond donors (Lipinski definition) is 1. The molecule has 0 aliphatic carbocycles. The topological polar surface area (TPSA) is 29.1 Å².